The monoisotopic (exact) mass is 371 g/mol. The van der Waals surface area contributed by atoms with E-state index >= 15 is 0 Å². The smallest absolute Gasteiger partial charge is 0.326 e. The average molecular weight is 371 g/mol. The van der Waals surface area contributed by atoms with Crippen molar-refractivity contribution in [2.75, 3.05) is 6.54 Å². The molecule has 0 bridgehead atoms. The molecular formula is C19H18FN3O4. The van der Waals surface area contributed by atoms with Crippen LogP contribution in [0.4, 0.5) is 4.39 Å². The molecule has 1 aliphatic heterocycles. The van der Waals surface area contributed by atoms with Crippen LogP contribution < -0.4 is 5.56 Å². The highest BCUT2D eigenvalue weighted by Crippen LogP contribution is 2.42. The first kappa shape index (κ1) is 17.4. The number of rotatable bonds is 3. The van der Waals surface area contributed by atoms with Crippen molar-refractivity contribution >= 4 is 11.9 Å². The van der Waals surface area contributed by atoms with Crippen molar-refractivity contribution in [3.8, 4) is 5.69 Å². The number of nitrogens with zero attached hydrogens (tertiary/aromatic N) is 3. The Morgan fingerprint density at radius 1 is 1.11 bits per heavy atom. The lowest BCUT2D eigenvalue weighted by molar-refractivity contribution is -0.142. The maximum Gasteiger partial charge on any atom is 0.326 e. The van der Waals surface area contributed by atoms with Gasteiger partial charge in [-0.25, -0.2) is 9.18 Å². The minimum absolute atomic E-state index is 0.00912. The number of benzene rings is 1. The second-order valence-electron chi connectivity index (χ2n) is 7.04. The van der Waals surface area contributed by atoms with Gasteiger partial charge >= 0.3 is 5.97 Å². The summed E-state index contributed by atoms with van der Waals surface area (Å²) in [5.74, 6) is -1.81. The first-order chi connectivity index (χ1) is 13.0. The van der Waals surface area contributed by atoms with Crippen LogP contribution in [-0.2, 0) is 4.79 Å². The number of aromatic nitrogens is 2. The minimum Gasteiger partial charge on any atom is -0.480 e. The molecule has 3 atom stereocenters. The zero-order valence-corrected chi connectivity index (χ0v) is 14.4. The van der Waals surface area contributed by atoms with E-state index in [2.05, 4.69) is 5.10 Å². The molecule has 2 aliphatic rings. The van der Waals surface area contributed by atoms with Gasteiger partial charge in [0.2, 0.25) is 0 Å². The summed E-state index contributed by atoms with van der Waals surface area (Å²) in [7, 11) is 0. The second kappa shape index (κ2) is 6.61. The van der Waals surface area contributed by atoms with Gasteiger partial charge in [-0.1, -0.05) is 6.42 Å². The molecule has 1 saturated carbocycles. The average Bonchev–Trinajstić information content (AvgIpc) is 3.23. The predicted octanol–water partition coefficient (Wildman–Crippen LogP) is 1.70. The summed E-state index contributed by atoms with van der Waals surface area (Å²) in [5, 5.41) is 13.7. The maximum absolute atomic E-state index is 13.1. The molecule has 2 fully saturated rings. The highest BCUT2D eigenvalue weighted by atomic mass is 19.1. The molecular weight excluding hydrogens is 353 g/mol. The van der Waals surface area contributed by atoms with Crippen LogP contribution in [0.2, 0.25) is 0 Å². The fourth-order valence-corrected chi connectivity index (χ4v) is 4.27. The van der Waals surface area contributed by atoms with Gasteiger partial charge in [0.25, 0.3) is 11.5 Å². The summed E-state index contributed by atoms with van der Waals surface area (Å²) >= 11 is 0. The predicted molar refractivity (Wildman–Crippen MR) is 93.1 cm³/mol. The van der Waals surface area contributed by atoms with Gasteiger partial charge in [0.15, 0.2) is 0 Å². The fourth-order valence-electron chi connectivity index (χ4n) is 4.27. The van der Waals surface area contributed by atoms with E-state index < -0.39 is 29.3 Å². The molecule has 1 aliphatic carbocycles. The number of hydrogen-bond acceptors (Lipinski definition) is 4. The van der Waals surface area contributed by atoms with Gasteiger partial charge in [-0.2, -0.15) is 9.78 Å². The van der Waals surface area contributed by atoms with Crippen LogP contribution in [-0.4, -0.2) is 44.3 Å². The molecule has 1 aromatic heterocycles. The van der Waals surface area contributed by atoms with Crippen molar-refractivity contribution in [1.82, 2.24) is 14.7 Å². The lowest BCUT2D eigenvalue weighted by Gasteiger charge is -2.24. The van der Waals surface area contributed by atoms with Crippen LogP contribution in [0.5, 0.6) is 0 Å². The third-order valence-corrected chi connectivity index (χ3v) is 5.49. The lowest BCUT2D eigenvalue weighted by atomic mass is 9.94. The van der Waals surface area contributed by atoms with E-state index in [1.165, 1.54) is 41.3 Å². The molecule has 7 nitrogen and oxygen atoms in total. The van der Waals surface area contributed by atoms with Crippen molar-refractivity contribution in [2.24, 2.45) is 11.8 Å². The van der Waals surface area contributed by atoms with Gasteiger partial charge in [0, 0.05) is 12.6 Å². The minimum atomic E-state index is -1.01. The Bertz CT molecular complexity index is 956. The third kappa shape index (κ3) is 3.01. The maximum atomic E-state index is 13.1. The van der Waals surface area contributed by atoms with Gasteiger partial charge in [0.1, 0.15) is 17.6 Å². The number of carboxylic acids is 1. The zero-order valence-electron chi connectivity index (χ0n) is 14.4. The number of halogens is 1. The van der Waals surface area contributed by atoms with E-state index in [-0.39, 0.29) is 17.5 Å². The van der Waals surface area contributed by atoms with Crippen molar-refractivity contribution in [3.05, 3.63) is 58.3 Å². The number of hydrogen-bond donors (Lipinski definition) is 1. The van der Waals surface area contributed by atoms with E-state index in [9.17, 15) is 23.9 Å². The van der Waals surface area contributed by atoms with Crippen molar-refractivity contribution in [2.45, 2.75) is 25.3 Å². The Kier molecular flexibility index (Phi) is 4.25. The van der Waals surface area contributed by atoms with E-state index in [1.54, 1.807) is 0 Å². The molecule has 2 heterocycles. The number of fused-ring (bicyclic) bond motifs is 1. The molecule has 27 heavy (non-hydrogen) atoms. The molecule has 4 rings (SSSR count). The summed E-state index contributed by atoms with van der Waals surface area (Å²) in [6, 6.07) is 6.81. The van der Waals surface area contributed by atoms with Crippen LogP contribution in [0.25, 0.3) is 5.69 Å². The molecule has 1 N–H and O–H groups in total. The van der Waals surface area contributed by atoms with Gasteiger partial charge in [0.05, 0.1) is 5.69 Å². The summed E-state index contributed by atoms with van der Waals surface area (Å²) < 4.78 is 14.1. The van der Waals surface area contributed by atoms with Crippen LogP contribution >= 0.6 is 0 Å². The fraction of sp³-hybridized carbons (Fsp3) is 0.368. The van der Waals surface area contributed by atoms with Gasteiger partial charge in [-0.3, -0.25) is 9.59 Å². The van der Waals surface area contributed by atoms with Crippen LogP contribution in [0.3, 0.4) is 0 Å². The Morgan fingerprint density at radius 3 is 2.56 bits per heavy atom. The molecule has 1 aromatic carbocycles. The lowest BCUT2D eigenvalue weighted by Crippen LogP contribution is -2.44. The van der Waals surface area contributed by atoms with Crippen molar-refractivity contribution < 1.29 is 19.1 Å². The van der Waals surface area contributed by atoms with Crippen LogP contribution in [0.1, 0.15) is 29.8 Å². The van der Waals surface area contributed by atoms with Crippen LogP contribution in [0, 0.1) is 17.7 Å². The van der Waals surface area contributed by atoms with Crippen molar-refractivity contribution in [1.29, 1.82) is 0 Å². The van der Waals surface area contributed by atoms with Gasteiger partial charge < -0.3 is 10.0 Å². The van der Waals surface area contributed by atoms with Crippen molar-refractivity contribution in [3.63, 3.8) is 0 Å². The van der Waals surface area contributed by atoms with E-state index in [4.69, 9.17) is 0 Å². The standard InChI is InChI=1S/C19H18FN3O4/c20-12-4-6-13(7-5-12)23-16(24)9-8-15(21-23)18(25)22-10-11-2-1-3-14(11)17(22)19(26)27/h4-9,11,14,17H,1-3,10H2,(H,26,27). The number of carbonyl (C=O) groups excluding carboxylic acids is 1. The molecule has 1 saturated heterocycles. The normalized spacial score (nSPS) is 24.0. The number of amides is 1. The Hall–Kier alpha value is -3.03. The topological polar surface area (TPSA) is 92.5 Å². The first-order valence-corrected chi connectivity index (χ1v) is 8.86. The van der Waals surface area contributed by atoms with E-state index in [0.717, 1.165) is 23.9 Å². The largest absolute Gasteiger partial charge is 0.480 e. The van der Waals surface area contributed by atoms with Gasteiger partial charge in [-0.05, 0) is 55.0 Å². The molecule has 0 radical (unpaired) electrons. The number of carbonyl (C=O) groups is 2. The highest BCUT2D eigenvalue weighted by molar-refractivity contribution is 5.95. The van der Waals surface area contributed by atoms with Gasteiger partial charge in [-0.15, -0.1) is 0 Å². The number of carboxylic acid groups (broad SMARTS) is 1. The number of aliphatic carboxylic acids is 1. The number of likely N-dealkylation sites (tertiary alicyclic amines) is 1. The molecule has 140 valence electrons. The van der Waals surface area contributed by atoms with Crippen LogP contribution in [0.15, 0.2) is 41.2 Å². The molecule has 3 unspecified atom stereocenters. The van der Waals surface area contributed by atoms with E-state index in [1.807, 2.05) is 0 Å². The Labute approximate surface area is 154 Å². The molecule has 8 heteroatoms. The summed E-state index contributed by atoms with van der Waals surface area (Å²) in [4.78, 5) is 38.2. The summed E-state index contributed by atoms with van der Waals surface area (Å²) in [5.41, 5.74) is -0.152. The molecule has 0 spiro atoms. The molecule has 1 amide bonds. The SMILES string of the molecule is O=C(O)C1C2CCCC2CN1C(=O)c1ccc(=O)n(-c2ccc(F)cc2)n1. The Balaban J connectivity index is 1.68. The van der Waals surface area contributed by atoms with E-state index in [0.29, 0.717) is 12.2 Å². The Morgan fingerprint density at radius 2 is 1.85 bits per heavy atom. The third-order valence-electron chi connectivity index (χ3n) is 5.49. The quantitative estimate of drug-likeness (QED) is 0.887. The first-order valence-electron chi connectivity index (χ1n) is 8.86. The summed E-state index contributed by atoms with van der Waals surface area (Å²) in [6.07, 6.45) is 2.70. The molecule has 2 aromatic rings. The zero-order chi connectivity index (χ0) is 19.1. The summed E-state index contributed by atoms with van der Waals surface area (Å²) in [6.45, 7) is 0.387. The highest BCUT2D eigenvalue weighted by Gasteiger charge is 2.49. The second-order valence-corrected chi connectivity index (χ2v) is 7.04.